The minimum atomic E-state index is -4.63. The van der Waals surface area contributed by atoms with Crippen LogP contribution in [0, 0.1) is 4.77 Å². The van der Waals surface area contributed by atoms with Gasteiger partial charge in [-0.25, -0.2) is 5.43 Å². The number of amides is 1. The maximum Gasteiger partial charge on any atom is 0.416 e. The van der Waals surface area contributed by atoms with Crippen LogP contribution in [0.3, 0.4) is 0 Å². The third kappa shape index (κ3) is 4.64. The van der Waals surface area contributed by atoms with E-state index in [0.29, 0.717) is 0 Å². The molecule has 12 heteroatoms. The predicted molar refractivity (Wildman–Crippen MR) is 107 cm³/mol. The molecular weight excluding hydrogens is 437 g/mol. The van der Waals surface area contributed by atoms with Crippen molar-refractivity contribution in [3.63, 3.8) is 0 Å². The van der Waals surface area contributed by atoms with Gasteiger partial charge in [0, 0.05) is 0 Å². The molecule has 1 heterocycles. The lowest BCUT2D eigenvalue weighted by atomic mass is 10.2. The summed E-state index contributed by atoms with van der Waals surface area (Å²) in [6, 6.07) is 9.59. The lowest BCUT2D eigenvalue weighted by molar-refractivity contribution is -0.137. The smallest absolute Gasteiger partial charge is 0.416 e. The second-order valence-electron chi connectivity index (χ2n) is 6.10. The van der Waals surface area contributed by atoms with Crippen molar-refractivity contribution in [3.8, 4) is 17.3 Å². The molecule has 3 rings (SSSR count). The number of phenolic OH excluding ortho intramolecular Hbond substituents is 1. The average molecular weight is 450 g/mol. The van der Waals surface area contributed by atoms with Crippen LogP contribution in [0.1, 0.15) is 21.5 Å². The molecule has 31 heavy (non-hydrogen) atoms. The molecule has 1 amide bonds. The number of hydrogen-bond acceptors (Lipinski definition) is 6. The summed E-state index contributed by atoms with van der Waals surface area (Å²) in [6.45, 7) is 0. The van der Waals surface area contributed by atoms with Crippen LogP contribution in [-0.2, 0) is 6.18 Å². The molecule has 0 aliphatic heterocycles. The van der Waals surface area contributed by atoms with Gasteiger partial charge in [0.05, 0.1) is 23.0 Å². The highest BCUT2D eigenvalue weighted by Gasteiger charge is 2.30. The van der Waals surface area contributed by atoms with Crippen molar-refractivity contribution in [1.29, 1.82) is 0 Å². The molecule has 0 bridgehead atoms. The first kappa shape index (κ1) is 21.8. The number of aromatic nitrogens is 2. The molecule has 0 spiro atoms. The van der Waals surface area contributed by atoms with Crippen molar-refractivity contribution < 1.29 is 28.2 Å². The Balaban J connectivity index is 1.98. The number of phenols is 1. The number of halogens is 3. The summed E-state index contributed by atoms with van der Waals surface area (Å²) in [6.07, 6.45) is -3.83. The molecule has 4 N–H and O–H groups in total. The second-order valence-corrected chi connectivity index (χ2v) is 6.48. The van der Waals surface area contributed by atoms with E-state index in [1.807, 2.05) is 0 Å². The van der Waals surface area contributed by atoms with Gasteiger partial charge in [0.1, 0.15) is 11.3 Å². The predicted octanol–water partition coefficient (Wildman–Crippen LogP) is 3.09. The van der Waals surface area contributed by atoms with Crippen LogP contribution in [0.2, 0.25) is 0 Å². The van der Waals surface area contributed by atoms with Gasteiger partial charge in [0.25, 0.3) is 11.5 Å². The number of carbonyl (C=O) groups is 1. The summed E-state index contributed by atoms with van der Waals surface area (Å²) in [5.74, 6) is -1.88. The largest absolute Gasteiger partial charge is 0.507 e. The Morgan fingerprint density at radius 2 is 1.87 bits per heavy atom. The number of nitrogens with zero attached hydrogens (tertiary/aromatic N) is 2. The van der Waals surface area contributed by atoms with Crippen molar-refractivity contribution in [2.45, 2.75) is 6.18 Å². The standard InChI is InChI=1S/C19H13F3N4O4S/c20-19(21,22)10-4-3-5-11(8-10)26-17(30)13(15(28)24-18(26)31)9-23-25-16(29)12-6-1-2-7-14(12)27/h1-9,27,30H,(H,25,29)(H,24,28,31)/b23-9+. The molecule has 0 aliphatic carbocycles. The van der Waals surface area contributed by atoms with E-state index in [9.17, 15) is 33.0 Å². The van der Waals surface area contributed by atoms with Crippen LogP contribution < -0.4 is 11.0 Å². The van der Waals surface area contributed by atoms with Gasteiger partial charge in [-0.05, 0) is 42.5 Å². The second kappa shape index (κ2) is 8.44. The fraction of sp³-hybridized carbons (Fsp3) is 0.0526. The minimum Gasteiger partial charge on any atom is -0.507 e. The van der Waals surface area contributed by atoms with Gasteiger partial charge in [-0.2, -0.15) is 18.3 Å². The molecular formula is C19H13F3N4O4S. The molecule has 0 saturated heterocycles. The maximum absolute atomic E-state index is 13.0. The highest BCUT2D eigenvalue weighted by Crippen LogP contribution is 2.31. The number of aromatic amines is 1. The number of hydrazone groups is 1. The Morgan fingerprint density at radius 1 is 1.16 bits per heavy atom. The SMILES string of the molecule is O=C(N/N=C/c1c(O)n(-c2cccc(C(F)(F)F)c2)c(=S)[nH]c1=O)c1ccccc1O. The normalized spacial score (nSPS) is 11.6. The fourth-order valence-electron chi connectivity index (χ4n) is 2.60. The molecule has 0 aliphatic rings. The molecule has 2 aromatic carbocycles. The van der Waals surface area contributed by atoms with Gasteiger partial charge in [-0.3, -0.25) is 19.1 Å². The quantitative estimate of drug-likeness (QED) is 0.277. The van der Waals surface area contributed by atoms with E-state index in [0.717, 1.165) is 29.0 Å². The maximum atomic E-state index is 13.0. The van der Waals surface area contributed by atoms with Crippen molar-refractivity contribution in [2.75, 3.05) is 0 Å². The lowest BCUT2D eigenvalue weighted by Gasteiger charge is -2.13. The van der Waals surface area contributed by atoms with Crippen LogP contribution in [0.4, 0.5) is 13.2 Å². The van der Waals surface area contributed by atoms with Gasteiger partial charge < -0.3 is 10.2 Å². The van der Waals surface area contributed by atoms with E-state index in [1.54, 1.807) is 0 Å². The molecule has 3 aromatic rings. The Kier molecular flexibility index (Phi) is 5.92. The Hall–Kier alpha value is -3.93. The summed E-state index contributed by atoms with van der Waals surface area (Å²) >= 11 is 4.96. The number of carbonyl (C=O) groups excluding carboxylic acids is 1. The third-order valence-electron chi connectivity index (χ3n) is 4.06. The Bertz CT molecular complexity index is 1300. The summed E-state index contributed by atoms with van der Waals surface area (Å²) in [4.78, 5) is 26.4. The van der Waals surface area contributed by atoms with Gasteiger partial charge in [-0.15, -0.1) is 0 Å². The number of rotatable bonds is 4. The van der Waals surface area contributed by atoms with Crippen molar-refractivity contribution >= 4 is 24.3 Å². The van der Waals surface area contributed by atoms with Crippen LogP contribution in [0.5, 0.6) is 11.6 Å². The zero-order valence-corrected chi connectivity index (χ0v) is 16.2. The van der Waals surface area contributed by atoms with Gasteiger partial charge in [0.2, 0.25) is 5.88 Å². The first-order valence-corrected chi connectivity index (χ1v) is 8.87. The van der Waals surface area contributed by atoms with Crippen LogP contribution in [-0.4, -0.2) is 31.9 Å². The van der Waals surface area contributed by atoms with E-state index in [1.165, 1.54) is 30.3 Å². The first-order chi connectivity index (χ1) is 14.6. The number of para-hydroxylation sites is 1. The van der Waals surface area contributed by atoms with E-state index in [-0.39, 0.29) is 21.8 Å². The van der Waals surface area contributed by atoms with Crippen LogP contribution in [0.15, 0.2) is 58.4 Å². The summed E-state index contributed by atoms with van der Waals surface area (Å²) in [5.41, 5.74) is -0.504. The van der Waals surface area contributed by atoms with Crippen molar-refractivity contribution in [2.24, 2.45) is 5.10 Å². The highest BCUT2D eigenvalue weighted by atomic mass is 32.1. The fourth-order valence-corrected chi connectivity index (χ4v) is 2.88. The lowest BCUT2D eigenvalue weighted by Crippen LogP contribution is -2.21. The van der Waals surface area contributed by atoms with Gasteiger partial charge >= 0.3 is 6.18 Å². The number of hydrogen-bond donors (Lipinski definition) is 4. The molecule has 0 atom stereocenters. The molecule has 0 saturated carbocycles. The molecule has 0 radical (unpaired) electrons. The average Bonchev–Trinajstić information content (AvgIpc) is 2.70. The van der Waals surface area contributed by atoms with E-state index in [4.69, 9.17) is 12.2 Å². The Morgan fingerprint density at radius 3 is 2.55 bits per heavy atom. The van der Waals surface area contributed by atoms with Gasteiger partial charge in [-0.1, -0.05) is 18.2 Å². The van der Waals surface area contributed by atoms with Crippen molar-refractivity contribution in [3.05, 3.63) is 80.3 Å². The topological polar surface area (TPSA) is 120 Å². The molecule has 0 unspecified atom stereocenters. The minimum absolute atomic E-state index is 0.0854. The first-order valence-electron chi connectivity index (χ1n) is 8.47. The monoisotopic (exact) mass is 450 g/mol. The third-order valence-corrected chi connectivity index (χ3v) is 4.35. The number of nitrogens with one attached hydrogen (secondary N) is 2. The van der Waals surface area contributed by atoms with Crippen LogP contribution >= 0.6 is 12.2 Å². The zero-order chi connectivity index (χ0) is 22.8. The van der Waals surface area contributed by atoms with Gasteiger partial charge in [0.15, 0.2) is 4.77 Å². The number of H-pyrrole nitrogens is 1. The molecule has 160 valence electrons. The molecule has 8 nitrogen and oxygen atoms in total. The molecule has 1 aromatic heterocycles. The van der Waals surface area contributed by atoms with E-state index >= 15 is 0 Å². The number of alkyl halides is 3. The van der Waals surface area contributed by atoms with E-state index < -0.39 is 34.6 Å². The summed E-state index contributed by atoms with van der Waals surface area (Å²) in [5, 5.41) is 23.7. The highest BCUT2D eigenvalue weighted by molar-refractivity contribution is 7.71. The molecule has 0 fully saturated rings. The number of aromatic hydroxyl groups is 2. The number of benzene rings is 2. The van der Waals surface area contributed by atoms with Crippen molar-refractivity contribution in [1.82, 2.24) is 15.0 Å². The zero-order valence-electron chi connectivity index (χ0n) is 15.3. The summed E-state index contributed by atoms with van der Waals surface area (Å²) < 4.78 is 39.5. The summed E-state index contributed by atoms with van der Waals surface area (Å²) in [7, 11) is 0. The van der Waals surface area contributed by atoms with Crippen LogP contribution in [0.25, 0.3) is 5.69 Å². The Labute approximate surface area is 176 Å². The van der Waals surface area contributed by atoms with E-state index in [2.05, 4.69) is 15.5 Å².